The maximum atomic E-state index is 12.5. The van der Waals surface area contributed by atoms with Crippen LogP contribution in [0.5, 0.6) is 0 Å². The lowest BCUT2D eigenvalue weighted by Gasteiger charge is -2.18. The Balaban J connectivity index is 1.94. The molecule has 0 spiro atoms. The largest absolute Gasteiger partial charge is 0.366 e. The Hall–Kier alpha value is -2.13. The minimum Gasteiger partial charge on any atom is -0.366 e. The smallest absolute Gasteiger partial charge is 0.293 e. The van der Waals surface area contributed by atoms with Gasteiger partial charge in [0.2, 0.25) is 0 Å². The molecule has 0 bridgehead atoms. The second kappa shape index (κ2) is 7.01. The van der Waals surface area contributed by atoms with Crippen molar-refractivity contribution < 1.29 is 13.3 Å². The third kappa shape index (κ3) is 3.93. The minimum atomic E-state index is -3.91. The van der Waals surface area contributed by atoms with E-state index in [0.717, 1.165) is 36.5 Å². The van der Waals surface area contributed by atoms with Gasteiger partial charge in [-0.3, -0.25) is 14.8 Å². The first kappa shape index (κ1) is 17.7. The summed E-state index contributed by atoms with van der Waals surface area (Å²) in [5.41, 5.74) is 0.653. The Morgan fingerprint density at radius 1 is 1.08 bits per heavy atom. The number of nitrogens with zero attached hydrogens (tertiary/aromatic N) is 2. The molecule has 1 heterocycles. The fourth-order valence-corrected chi connectivity index (χ4v) is 4.12. The summed E-state index contributed by atoms with van der Waals surface area (Å²) < 4.78 is 28.3. The molecule has 0 aliphatic carbocycles. The van der Waals surface area contributed by atoms with E-state index in [1.165, 1.54) is 12.1 Å². The van der Waals surface area contributed by atoms with Gasteiger partial charge in [-0.2, -0.15) is 0 Å². The van der Waals surface area contributed by atoms with E-state index in [0.29, 0.717) is 11.4 Å². The molecule has 0 saturated carbocycles. The van der Waals surface area contributed by atoms with Gasteiger partial charge in [0.15, 0.2) is 0 Å². The van der Waals surface area contributed by atoms with E-state index < -0.39 is 14.9 Å². The molecule has 1 saturated heterocycles. The maximum Gasteiger partial charge on any atom is 0.293 e. The summed E-state index contributed by atoms with van der Waals surface area (Å²) in [6, 6.07) is 10.7. The molecule has 0 aromatic heterocycles. The van der Waals surface area contributed by atoms with E-state index in [2.05, 4.69) is 20.7 Å². The molecule has 0 atom stereocenters. The Morgan fingerprint density at radius 2 is 1.72 bits per heavy atom. The van der Waals surface area contributed by atoms with Gasteiger partial charge in [0.05, 0.1) is 9.82 Å². The normalized spacial score (nSPS) is 14.5. The van der Waals surface area contributed by atoms with Crippen molar-refractivity contribution in [2.24, 2.45) is 0 Å². The van der Waals surface area contributed by atoms with Crippen molar-refractivity contribution >= 4 is 43.0 Å². The number of nitro groups is 1. The van der Waals surface area contributed by atoms with E-state index in [-0.39, 0.29) is 10.6 Å². The summed E-state index contributed by atoms with van der Waals surface area (Å²) in [6.45, 7) is 1.48. The predicted molar refractivity (Wildman–Crippen MR) is 99.5 cm³/mol. The van der Waals surface area contributed by atoms with Gasteiger partial charge in [-0.15, -0.1) is 0 Å². The molecule has 1 aliphatic rings. The van der Waals surface area contributed by atoms with Gasteiger partial charge in [-0.05, 0) is 49.2 Å². The van der Waals surface area contributed by atoms with Crippen molar-refractivity contribution in [2.45, 2.75) is 17.7 Å². The Morgan fingerprint density at radius 3 is 2.32 bits per heavy atom. The number of benzene rings is 2. The van der Waals surface area contributed by atoms with Crippen molar-refractivity contribution in [1.29, 1.82) is 0 Å². The van der Waals surface area contributed by atoms with Gasteiger partial charge in [0.25, 0.3) is 15.7 Å². The summed E-state index contributed by atoms with van der Waals surface area (Å²) in [7, 11) is -3.91. The molecule has 1 fully saturated rings. The highest BCUT2D eigenvalue weighted by Crippen LogP contribution is 2.33. The predicted octanol–water partition coefficient (Wildman–Crippen LogP) is 3.76. The highest BCUT2D eigenvalue weighted by Gasteiger charge is 2.25. The van der Waals surface area contributed by atoms with Crippen LogP contribution in [0.4, 0.5) is 17.1 Å². The van der Waals surface area contributed by atoms with Crippen molar-refractivity contribution in [3.05, 3.63) is 57.1 Å². The first-order valence-corrected chi connectivity index (χ1v) is 9.96. The number of sulfonamides is 1. The van der Waals surface area contributed by atoms with Crippen LogP contribution in [-0.4, -0.2) is 26.4 Å². The number of rotatable bonds is 5. The third-order valence-corrected chi connectivity index (χ3v) is 5.90. The number of nitro benzene ring substituents is 1. The molecule has 132 valence electrons. The minimum absolute atomic E-state index is 0.134. The van der Waals surface area contributed by atoms with Gasteiger partial charge >= 0.3 is 0 Å². The molecule has 1 aliphatic heterocycles. The maximum absolute atomic E-state index is 12.5. The van der Waals surface area contributed by atoms with Crippen LogP contribution in [0.1, 0.15) is 12.8 Å². The summed E-state index contributed by atoms with van der Waals surface area (Å²) in [5, 5.41) is 11.4. The van der Waals surface area contributed by atoms with Crippen LogP contribution in [0.3, 0.4) is 0 Å². The molecule has 0 radical (unpaired) electrons. The van der Waals surface area contributed by atoms with Gasteiger partial charge in [0.1, 0.15) is 5.69 Å². The molecule has 1 N–H and O–H groups in total. The summed E-state index contributed by atoms with van der Waals surface area (Å²) in [5.74, 6) is 0. The quantitative estimate of drug-likeness (QED) is 0.581. The molecule has 25 heavy (non-hydrogen) atoms. The molecule has 3 rings (SSSR count). The molecular weight excluding hydrogens is 410 g/mol. The van der Waals surface area contributed by atoms with E-state index in [1.54, 1.807) is 24.3 Å². The standard InChI is InChI=1S/C16H16BrN3O4S/c17-12-3-5-13(6-4-12)18-25(23,24)14-7-8-15(16(11-14)20(21)22)19-9-1-2-10-19/h3-8,11,18H,1-2,9-10H2. The van der Waals surface area contributed by atoms with Crippen LogP contribution < -0.4 is 9.62 Å². The Bertz CT molecular complexity index is 894. The van der Waals surface area contributed by atoms with E-state index in [1.807, 2.05) is 4.90 Å². The number of anilines is 2. The fraction of sp³-hybridized carbons (Fsp3) is 0.250. The molecule has 9 heteroatoms. The number of halogens is 1. The SMILES string of the molecule is O=[N+]([O-])c1cc(S(=O)(=O)Nc2ccc(Br)cc2)ccc1N1CCCC1. The average molecular weight is 426 g/mol. The zero-order valence-electron chi connectivity index (χ0n) is 13.2. The van der Waals surface area contributed by atoms with Crippen LogP contribution in [0.2, 0.25) is 0 Å². The zero-order valence-corrected chi connectivity index (χ0v) is 15.6. The highest BCUT2D eigenvalue weighted by atomic mass is 79.9. The first-order chi connectivity index (χ1) is 11.9. The lowest BCUT2D eigenvalue weighted by Crippen LogP contribution is -2.19. The van der Waals surface area contributed by atoms with Gasteiger partial charge in [-0.1, -0.05) is 15.9 Å². The number of hydrogen-bond acceptors (Lipinski definition) is 5. The van der Waals surface area contributed by atoms with E-state index in [4.69, 9.17) is 0 Å². The van der Waals surface area contributed by atoms with Gasteiger partial charge < -0.3 is 4.90 Å². The van der Waals surface area contributed by atoms with Crippen LogP contribution in [0.25, 0.3) is 0 Å². The molecule has 7 nitrogen and oxygen atoms in total. The lowest BCUT2D eigenvalue weighted by atomic mass is 10.2. The summed E-state index contributed by atoms with van der Waals surface area (Å²) >= 11 is 3.28. The number of hydrogen-bond donors (Lipinski definition) is 1. The van der Waals surface area contributed by atoms with E-state index in [9.17, 15) is 18.5 Å². The monoisotopic (exact) mass is 425 g/mol. The van der Waals surface area contributed by atoms with Crippen LogP contribution in [0.15, 0.2) is 51.8 Å². The molecule has 0 amide bonds. The summed E-state index contributed by atoms with van der Waals surface area (Å²) in [4.78, 5) is 12.7. The third-order valence-electron chi connectivity index (χ3n) is 4.00. The Kier molecular flexibility index (Phi) is 4.96. The van der Waals surface area contributed by atoms with Gasteiger partial charge in [0, 0.05) is 29.3 Å². The lowest BCUT2D eigenvalue weighted by molar-refractivity contribution is -0.384. The second-order valence-electron chi connectivity index (χ2n) is 5.71. The summed E-state index contributed by atoms with van der Waals surface area (Å²) in [6.07, 6.45) is 1.95. The van der Waals surface area contributed by atoms with Crippen molar-refractivity contribution in [1.82, 2.24) is 0 Å². The number of nitrogens with one attached hydrogen (secondary N) is 1. The van der Waals surface area contributed by atoms with Gasteiger partial charge in [-0.25, -0.2) is 8.42 Å². The van der Waals surface area contributed by atoms with Crippen molar-refractivity contribution in [2.75, 3.05) is 22.7 Å². The van der Waals surface area contributed by atoms with Crippen LogP contribution in [0, 0.1) is 10.1 Å². The molecular formula is C16H16BrN3O4S. The zero-order chi connectivity index (χ0) is 18.0. The van der Waals surface area contributed by atoms with Crippen molar-refractivity contribution in [3.63, 3.8) is 0 Å². The molecule has 2 aromatic rings. The van der Waals surface area contributed by atoms with Crippen molar-refractivity contribution in [3.8, 4) is 0 Å². The van der Waals surface area contributed by atoms with Crippen LogP contribution in [-0.2, 0) is 10.0 Å². The fourth-order valence-electron chi connectivity index (χ4n) is 2.77. The topological polar surface area (TPSA) is 92.5 Å². The second-order valence-corrected chi connectivity index (χ2v) is 8.31. The molecule has 0 unspecified atom stereocenters. The first-order valence-electron chi connectivity index (χ1n) is 7.68. The van der Waals surface area contributed by atoms with E-state index >= 15 is 0 Å². The average Bonchev–Trinajstić information content (AvgIpc) is 3.10. The highest BCUT2D eigenvalue weighted by molar-refractivity contribution is 9.10. The van der Waals surface area contributed by atoms with Crippen LogP contribution >= 0.6 is 15.9 Å². The Labute approximate surface area is 154 Å². The molecule has 2 aromatic carbocycles.